The van der Waals surface area contributed by atoms with Crippen LogP contribution in [0.5, 0.6) is 11.6 Å². The Morgan fingerprint density at radius 2 is 2.03 bits per heavy atom. The maximum Gasteiger partial charge on any atom is 0.248 e. The molecule has 0 aliphatic heterocycles. The molecule has 144 valence electrons. The molecule has 3 heterocycles. The molecule has 0 aliphatic rings. The summed E-state index contributed by atoms with van der Waals surface area (Å²) in [5, 5.41) is 4.78. The van der Waals surface area contributed by atoms with Crippen molar-refractivity contribution in [3.05, 3.63) is 83.3 Å². The lowest BCUT2D eigenvalue weighted by Gasteiger charge is -2.08. The first kappa shape index (κ1) is 18.6. The van der Waals surface area contributed by atoms with Crippen LogP contribution in [-0.4, -0.2) is 25.4 Å². The van der Waals surface area contributed by atoms with E-state index in [2.05, 4.69) is 20.3 Å². The van der Waals surface area contributed by atoms with Crippen LogP contribution >= 0.6 is 11.3 Å². The Balaban J connectivity index is 1.40. The van der Waals surface area contributed by atoms with Gasteiger partial charge in [-0.2, -0.15) is 0 Å². The number of hydrogen-bond acceptors (Lipinski definition) is 6. The number of rotatable bonds is 6. The molecule has 0 saturated carbocycles. The predicted octanol–water partition coefficient (Wildman–Crippen LogP) is 4.48. The van der Waals surface area contributed by atoms with Gasteiger partial charge in [-0.15, -0.1) is 11.3 Å². The second-order valence-corrected chi connectivity index (χ2v) is 7.00. The van der Waals surface area contributed by atoms with Crippen LogP contribution in [0.3, 0.4) is 0 Å². The van der Waals surface area contributed by atoms with Gasteiger partial charge in [0.1, 0.15) is 23.7 Å². The summed E-state index contributed by atoms with van der Waals surface area (Å²) in [4.78, 5) is 25.6. The average molecular weight is 403 g/mol. The molecule has 0 aliphatic carbocycles. The van der Waals surface area contributed by atoms with Crippen LogP contribution < -0.4 is 10.1 Å². The number of amides is 1. The number of nitrogens with one attached hydrogen (secondary N) is 1. The zero-order chi connectivity index (χ0) is 20.1. The van der Waals surface area contributed by atoms with Crippen molar-refractivity contribution in [2.45, 2.75) is 6.92 Å². The fourth-order valence-corrected chi connectivity index (χ4v) is 3.21. The van der Waals surface area contributed by atoms with E-state index in [4.69, 9.17) is 4.74 Å². The molecule has 0 radical (unpaired) electrons. The summed E-state index contributed by atoms with van der Waals surface area (Å²) in [6.07, 6.45) is 8.27. The van der Waals surface area contributed by atoms with Crippen molar-refractivity contribution >= 4 is 29.0 Å². The highest BCUT2D eigenvalue weighted by Crippen LogP contribution is 2.22. The monoisotopic (exact) mass is 403 g/mol. The molecular weight excluding hydrogens is 386 g/mol. The smallest absolute Gasteiger partial charge is 0.248 e. The van der Waals surface area contributed by atoms with Gasteiger partial charge < -0.3 is 10.1 Å². The molecule has 4 aromatic rings. The lowest BCUT2D eigenvalue weighted by Crippen LogP contribution is -2.07. The third-order valence-corrected chi connectivity index (χ3v) is 4.82. The highest BCUT2D eigenvalue weighted by molar-refractivity contribution is 7.10. The normalized spacial score (nSPS) is 10.9. The number of nitrogens with zero attached hydrogens (tertiary/aromatic N) is 4. The van der Waals surface area contributed by atoms with Crippen LogP contribution in [0, 0.1) is 6.92 Å². The van der Waals surface area contributed by atoms with Gasteiger partial charge in [-0.3, -0.25) is 9.36 Å². The van der Waals surface area contributed by atoms with Crippen LogP contribution in [0.2, 0.25) is 0 Å². The molecule has 0 atom stereocenters. The summed E-state index contributed by atoms with van der Waals surface area (Å²) in [6, 6.07) is 12.7. The summed E-state index contributed by atoms with van der Waals surface area (Å²) >= 11 is 1.58. The molecule has 8 heteroatoms. The van der Waals surface area contributed by atoms with Crippen molar-refractivity contribution in [1.29, 1.82) is 0 Å². The van der Waals surface area contributed by atoms with Crippen molar-refractivity contribution in [2.24, 2.45) is 0 Å². The fraction of sp³-hybridized carbons (Fsp3) is 0.0476. The van der Waals surface area contributed by atoms with Crippen molar-refractivity contribution in [3.8, 4) is 17.4 Å². The van der Waals surface area contributed by atoms with Gasteiger partial charge in [0.05, 0.1) is 0 Å². The number of imidazole rings is 1. The van der Waals surface area contributed by atoms with E-state index in [0.29, 0.717) is 23.1 Å². The minimum atomic E-state index is -0.191. The molecule has 0 spiro atoms. The third kappa shape index (κ3) is 4.74. The maximum atomic E-state index is 12.0. The molecule has 0 saturated heterocycles. The van der Waals surface area contributed by atoms with E-state index < -0.39 is 0 Å². The first-order valence-electron chi connectivity index (χ1n) is 8.80. The van der Waals surface area contributed by atoms with Gasteiger partial charge in [0.15, 0.2) is 0 Å². The summed E-state index contributed by atoms with van der Waals surface area (Å²) in [6.45, 7) is 1.89. The van der Waals surface area contributed by atoms with Crippen molar-refractivity contribution < 1.29 is 9.53 Å². The SMILES string of the molecule is Cc1nccn1-c1cc(Oc2ccc(NC(=O)/C=C/c3cccs3)cc2)ncn1. The second-order valence-electron chi connectivity index (χ2n) is 6.02. The number of thiophene rings is 1. The topological polar surface area (TPSA) is 81.9 Å². The largest absolute Gasteiger partial charge is 0.439 e. The lowest BCUT2D eigenvalue weighted by atomic mass is 10.3. The molecule has 1 N–H and O–H groups in total. The van der Waals surface area contributed by atoms with Crippen LogP contribution in [0.1, 0.15) is 10.7 Å². The number of hydrogen-bond donors (Lipinski definition) is 1. The second kappa shape index (κ2) is 8.49. The van der Waals surface area contributed by atoms with E-state index in [1.54, 1.807) is 53.9 Å². The third-order valence-electron chi connectivity index (χ3n) is 3.99. The zero-order valence-corrected chi connectivity index (χ0v) is 16.3. The van der Waals surface area contributed by atoms with Crippen molar-refractivity contribution in [1.82, 2.24) is 19.5 Å². The molecule has 1 aromatic carbocycles. The first-order chi connectivity index (χ1) is 14.2. The molecule has 4 rings (SSSR count). The zero-order valence-electron chi connectivity index (χ0n) is 15.5. The van der Waals surface area contributed by atoms with E-state index >= 15 is 0 Å². The molecule has 7 nitrogen and oxygen atoms in total. The molecule has 1 amide bonds. The standard InChI is InChI=1S/C21H17N5O2S/c1-15-22-10-11-26(15)19-13-21(24-14-23-19)28-17-6-4-16(5-7-17)25-20(27)9-8-18-3-2-12-29-18/h2-14H,1H3,(H,25,27)/b9-8+. The van der Waals surface area contributed by atoms with Gasteiger partial charge in [0.25, 0.3) is 0 Å². The molecule has 29 heavy (non-hydrogen) atoms. The quantitative estimate of drug-likeness (QED) is 0.480. The Labute approximate surface area is 171 Å². The van der Waals surface area contributed by atoms with Crippen LogP contribution in [-0.2, 0) is 4.79 Å². The van der Waals surface area contributed by atoms with E-state index in [-0.39, 0.29) is 5.91 Å². The van der Waals surface area contributed by atoms with E-state index in [1.807, 2.05) is 35.2 Å². The van der Waals surface area contributed by atoms with Crippen molar-refractivity contribution in [2.75, 3.05) is 5.32 Å². The highest BCUT2D eigenvalue weighted by Gasteiger charge is 2.06. The first-order valence-corrected chi connectivity index (χ1v) is 9.68. The highest BCUT2D eigenvalue weighted by atomic mass is 32.1. The number of aromatic nitrogens is 4. The van der Waals surface area contributed by atoms with Gasteiger partial charge in [-0.1, -0.05) is 6.07 Å². The van der Waals surface area contributed by atoms with Gasteiger partial charge in [-0.25, -0.2) is 15.0 Å². The summed E-state index contributed by atoms with van der Waals surface area (Å²) in [5.74, 6) is 2.32. The number of aryl methyl sites for hydroxylation is 1. The Morgan fingerprint density at radius 1 is 1.17 bits per heavy atom. The maximum absolute atomic E-state index is 12.0. The van der Waals surface area contributed by atoms with Crippen LogP contribution in [0.25, 0.3) is 11.9 Å². The van der Waals surface area contributed by atoms with Gasteiger partial charge >= 0.3 is 0 Å². The summed E-state index contributed by atoms with van der Waals surface area (Å²) < 4.78 is 7.65. The van der Waals surface area contributed by atoms with Gasteiger partial charge in [0.2, 0.25) is 11.8 Å². The number of carbonyl (C=O) groups excluding carboxylic acids is 1. The minimum Gasteiger partial charge on any atom is -0.439 e. The average Bonchev–Trinajstić information content (AvgIpc) is 3.40. The van der Waals surface area contributed by atoms with Crippen molar-refractivity contribution in [3.63, 3.8) is 0 Å². The number of benzene rings is 1. The van der Waals surface area contributed by atoms with E-state index in [1.165, 1.54) is 12.4 Å². The van der Waals surface area contributed by atoms with Crippen LogP contribution in [0.4, 0.5) is 5.69 Å². The predicted molar refractivity (Wildman–Crippen MR) is 112 cm³/mol. The molecular formula is C21H17N5O2S. The Morgan fingerprint density at radius 3 is 2.76 bits per heavy atom. The molecule has 3 aromatic heterocycles. The lowest BCUT2D eigenvalue weighted by molar-refractivity contribution is -0.111. The van der Waals surface area contributed by atoms with Gasteiger partial charge in [0, 0.05) is 35.1 Å². The number of anilines is 1. The molecule has 0 bridgehead atoms. The Hall–Kier alpha value is -3.78. The summed E-state index contributed by atoms with van der Waals surface area (Å²) in [7, 11) is 0. The number of carbonyl (C=O) groups is 1. The molecule has 0 fully saturated rings. The Kier molecular flexibility index (Phi) is 5.44. The number of ether oxygens (including phenoxy) is 1. The minimum absolute atomic E-state index is 0.191. The molecule has 0 unspecified atom stereocenters. The van der Waals surface area contributed by atoms with E-state index in [9.17, 15) is 4.79 Å². The van der Waals surface area contributed by atoms with Crippen LogP contribution in [0.15, 0.2) is 72.6 Å². The van der Waals surface area contributed by atoms with E-state index in [0.717, 1.165) is 10.7 Å². The fourth-order valence-electron chi connectivity index (χ4n) is 2.59. The Bertz CT molecular complexity index is 1130. The van der Waals surface area contributed by atoms with Gasteiger partial charge in [-0.05, 0) is 48.7 Å². The summed E-state index contributed by atoms with van der Waals surface area (Å²) in [5.41, 5.74) is 0.676.